The maximum atomic E-state index is 5.60. The molecule has 0 bridgehead atoms. The highest BCUT2D eigenvalue weighted by atomic mass is 15.2. The first kappa shape index (κ1) is 11.8. The van der Waals surface area contributed by atoms with Crippen LogP contribution in [0.1, 0.15) is 20.3 Å². The van der Waals surface area contributed by atoms with Crippen LogP contribution in [0.2, 0.25) is 0 Å². The molecule has 3 N–H and O–H groups in total. The quantitative estimate of drug-likeness (QED) is 0.845. The summed E-state index contributed by atoms with van der Waals surface area (Å²) in [6, 6.07) is 8.08. The van der Waals surface area contributed by atoms with E-state index in [4.69, 9.17) is 5.73 Å². The predicted molar refractivity (Wildman–Crippen MR) is 70.9 cm³/mol. The minimum Gasteiger partial charge on any atom is -0.363 e. The number of hydrogen-bond acceptors (Lipinski definition) is 4. The molecule has 0 spiro atoms. The summed E-state index contributed by atoms with van der Waals surface area (Å²) < 4.78 is 0. The fourth-order valence-electron chi connectivity index (χ4n) is 1.86. The van der Waals surface area contributed by atoms with Gasteiger partial charge >= 0.3 is 0 Å². The van der Waals surface area contributed by atoms with Crippen molar-refractivity contribution in [2.75, 3.05) is 11.9 Å². The topological polar surface area (TPSA) is 63.8 Å². The Morgan fingerprint density at radius 2 is 2.06 bits per heavy atom. The summed E-state index contributed by atoms with van der Waals surface area (Å²) in [7, 11) is 0. The van der Waals surface area contributed by atoms with Gasteiger partial charge in [-0.3, -0.25) is 0 Å². The van der Waals surface area contributed by atoms with Crippen molar-refractivity contribution in [3.63, 3.8) is 0 Å². The Kier molecular flexibility index (Phi) is 3.24. The number of anilines is 1. The van der Waals surface area contributed by atoms with E-state index in [2.05, 4.69) is 29.4 Å². The van der Waals surface area contributed by atoms with Gasteiger partial charge in [0.15, 0.2) is 5.82 Å². The lowest BCUT2D eigenvalue weighted by atomic mass is 10.0. The number of hydrogen-bond donors (Lipinski definition) is 2. The van der Waals surface area contributed by atoms with Crippen molar-refractivity contribution in [3.05, 3.63) is 30.5 Å². The summed E-state index contributed by atoms with van der Waals surface area (Å²) >= 11 is 0. The molecule has 0 atom stereocenters. The zero-order chi connectivity index (χ0) is 12.3. The largest absolute Gasteiger partial charge is 0.363 e. The molecule has 0 aliphatic rings. The molecule has 1 heterocycles. The van der Waals surface area contributed by atoms with Crippen LogP contribution in [0.15, 0.2) is 30.5 Å². The van der Waals surface area contributed by atoms with E-state index in [9.17, 15) is 0 Å². The predicted octanol–water partition coefficient (Wildman–Crippen LogP) is 2.17. The lowest BCUT2D eigenvalue weighted by Crippen LogP contribution is -2.34. The Morgan fingerprint density at radius 1 is 1.29 bits per heavy atom. The summed E-state index contributed by atoms with van der Waals surface area (Å²) in [4.78, 5) is 0. The molecule has 90 valence electrons. The van der Waals surface area contributed by atoms with Gasteiger partial charge in [-0.25, -0.2) is 0 Å². The summed E-state index contributed by atoms with van der Waals surface area (Å²) in [5.41, 5.74) is 5.53. The van der Waals surface area contributed by atoms with Gasteiger partial charge in [-0.1, -0.05) is 24.3 Å². The van der Waals surface area contributed by atoms with Crippen LogP contribution in [0, 0.1) is 0 Å². The SMILES string of the molecule is CC(C)(CCN)Nc1nncc2ccccc12. The Balaban J connectivity index is 2.36. The van der Waals surface area contributed by atoms with E-state index in [-0.39, 0.29) is 5.54 Å². The monoisotopic (exact) mass is 230 g/mol. The van der Waals surface area contributed by atoms with Crippen molar-refractivity contribution < 1.29 is 0 Å². The number of benzene rings is 1. The molecule has 0 unspecified atom stereocenters. The van der Waals surface area contributed by atoms with Crippen molar-refractivity contribution in [2.45, 2.75) is 25.8 Å². The lowest BCUT2D eigenvalue weighted by Gasteiger charge is -2.26. The fraction of sp³-hybridized carbons (Fsp3) is 0.385. The van der Waals surface area contributed by atoms with Crippen LogP contribution < -0.4 is 11.1 Å². The molecule has 0 fully saturated rings. The average Bonchev–Trinajstić information content (AvgIpc) is 2.29. The van der Waals surface area contributed by atoms with Crippen LogP contribution in [0.4, 0.5) is 5.82 Å². The molecule has 0 amide bonds. The third kappa shape index (κ3) is 2.71. The van der Waals surface area contributed by atoms with Crippen LogP contribution in [-0.2, 0) is 0 Å². The van der Waals surface area contributed by atoms with Crippen molar-refractivity contribution >= 4 is 16.6 Å². The molecular weight excluding hydrogens is 212 g/mol. The highest BCUT2D eigenvalue weighted by Gasteiger charge is 2.18. The third-order valence-corrected chi connectivity index (χ3v) is 2.80. The standard InChI is InChI=1S/C13H18N4/c1-13(2,7-8-14)16-12-11-6-4-3-5-10(11)9-15-17-12/h3-6,9H,7-8,14H2,1-2H3,(H,16,17). The van der Waals surface area contributed by atoms with Gasteiger partial charge < -0.3 is 11.1 Å². The molecule has 0 saturated heterocycles. The van der Waals surface area contributed by atoms with E-state index in [1.54, 1.807) is 6.20 Å². The van der Waals surface area contributed by atoms with Gasteiger partial charge in [0, 0.05) is 16.3 Å². The number of fused-ring (bicyclic) bond motifs is 1. The van der Waals surface area contributed by atoms with Crippen LogP contribution in [-0.4, -0.2) is 22.3 Å². The molecule has 0 aliphatic heterocycles. The molecule has 2 rings (SSSR count). The smallest absolute Gasteiger partial charge is 0.156 e. The number of nitrogens with two attached hydrogens (primary N) is 1. The van der Waals surface area contributed by atoms with Crippen molar-refractivity contribution in [3.8, 4) is 0 Å². The fourth-order valence-corrected chi connectivity index (χ4v) is 1.86. The Bertz CT molecular complexity index is 502. The van der Waals surface area contributed by atoms with Gasteiger partial charge in [0.2, 0.25) is 0 Å². The highest BCUT2D eigenvalue weighted by molar-refractivity contribution is 5.91. The summed E-state index contributed by atoms with van der Waals surface area (Å²) in [6.45, 7) is 4.88. The second-order valence-electron chi connectivity index (χ2n) is 4.83. The first-order chi connectivity index (χ1) is 8.12. The minimum atomic E-state index is -0.0758. The molecule has 0 radical (unpaired) electrons. The summed E-state index contributed by atoms with van der Waals surface area (Å²) in [5, 5.41) is 13.8. The van der Waals surface area contributed by atoms with E-state index in [0.29, 0.717) is 6.54 Å². The van der Waals surface area contributed by atoms with Gasteiger partial charge in [-0.15, -0.1) is 5.10 Å². The maximum Gasteiger partial charge on any atom is 0.156 e. The Labute approximate surface area is 101 Å². The first-order valence-corrected chi connectivity index (χ1v) is 5.81. The zero-order valence-electron chi connectivity index (χ0n) is 10.3. The molecule has 4 heteroatoms. The maximum absolute atomic E-state index is 5.60. The Morgan fingerprint density at radius 3 is 2.82 bits per heavy atom. The van der Waals surface area contributed by atoms with Crippen LogP contribution in [0.5, 0.6) is 0 Å². The van der Waals surface area contributed by atoms with Crippen molar-refractivity contribution in [1.82, 2.24) is 10.2 Å². The molecule has 4 nitrogen and oxygen atoms in total. The van der Waals surface area contributed by atoms with Crippen molar-refractivity contribution in [2.24, 2.45) is 5.73 Å². The van der Waals surface area contributed by atoms with Gasteiger partial charge in [0.1, 0.15) is 0 Å². The number of rotatable bonds is 4. The van der Waals surface area contributed by atoms with Crippen LogP contribution in [0.3, 0.4) is 0 Å². The number of nitrogens with zero attached hydrogens (tertiary/aromatic N) is 2. The molecule has 0 aliphatic carbocycles. The highest BCUT2D eigenvalue weighted by Crippen LogP contribution is 2.23. The number of aromatic nitrogens is 2. The van der Waals surface area contributed by atoms with E-state index < -0.39 is 0 Å². The van der Waals surface area contributed by atoms with Gasteiger partial charge in [-0.05, 0) is 26.8 Å². The normalized spacial score (nSPS) is 11.7. The van der Waals surface area contributed by atoms with E-state index in [0.717, 1.165) is 23.0 Å². The van der Waals surface area contributed by atoms with Gasteiger partial charge in [-0.2, -0.15) is 5.10 Å². The van der Waals surface area contributed by atoms with E-state index in [1.165, 1.54) is 0 Å². The third-order valence-electron chi connectivity index (χ3n) is 2.80. The van der Waals surface area contributed by atoms with Gasteiger partial charge in [0.05, 0.1) is 6.20 Å². The zero-order valence-corrected chi connectivity index (χ0v) is 10.3. The molecule has 1 aromatic heterocycles. The molecule has 1 aromatic carbocycles. The number of nitrogens with one attached hydrogen (secondary N) is 1. The minimum absolute atomic E-state index is 0.0758. The van der Waals surface area contributed by atoms with Gasteiger partial charge in [0.25, 0.3) is 0 Å². The Hall–Kier alpha value is -1.68. The van der Waals surface area contributed by atoms with Crippen LogP contribution in [0.25, 0.3) is 10.8 Å². The second kappa shape index (κ2) is 4.67. The second-order valence-corrected chi connectivity index (χ2v) is 4.83. The van der Waals surface area contributed by atoms with Crippen molar-refractivity contribution in [1.29, 1.82) is 0 Å². The summed E-state index contributed by atoms with van der Waals surface area (Å²) in [6.07, 6.45) is 2.66. The molecule has 17 heavy (non-hydrogen) atoms. The lowest BCUT2D eigenvalue weighted by molar-refractivity contribution is 0.524. The first-order valence-electron chi connectivity index (χ1n) is 5.81. The molecule has 0 saturated carbocycles. The van der Waals surface area contributed by atoms with Crippen LogP contribution >= 0.6 is 0 Å². The summed E-state index contributed by atoms with van der Waals surface area (Å²) in [5.74, 6) is 0.821. The molecular formula is C13H18N4. The molecule has 2 aromatic rings. The van der Waals surface area contributed by atoms with E-state index >= 15 is 0 Å². The average molecular weight is 230 g/mol. The van der Waals surface area contributed by atoms with E-state index in [1.807, 2.05) is 24.3 Å².